The van der Waals surface area contributed by atoms with Crippen molar-refractivity contribution in [2.45, 2.75) is 45.7 Å². The number of fused-ring (bicyclic) bond motifs is 4. The first-order valence-corrected chi connectivity index (χ1v) is 11.3. The van der Waals surface area contributed by atoms with E-state index in [1.807, 2.05) is 4.90 Å². The van der Waals surface area contributed by atoms with Crippen molar-refractivity contribution in [1.29, 1.82) is 0 Å². The number of nitrogens with zero attached hydrogens (tertiary/aromatic N) is 6. The molecule has 0 spiro atoms. The van der Waals surface area contributed by atoms with E-state index < -0.39 is 23.2 Å². The molecule has 1 aliphatic carbocycles. The van der Waals surface area contributed by atoms with Gasteiger partial charge in [0.05, 0.1) is 28.2 Å². The number of hydrogen-bond donors (Lipinski definition) is 0. The Kier molecular flexibility index (Phi) is 4.56. The van der Waals surface area contributed by atoms with Crippen molar-refractivity contribution in [1.82, 2.24) is 24.6 Å². The quantitative estimate of drug-likeness (QED) is 0.399. The average molecular weight is 462 g/mol. The van der Waals surface area contributed by atoms with Gasteiger partial charge in [0.2, 0.25) is 0 Å². The summed E-state index contributed by atoms with van der Waals surface area (Å²) in [4.78, 5) is 10.8. The predicted molar refractivity (Wildman–Crippen MR) is 122 cm³/mol. The zero-order chi connectivity index (χ0) is 23.6. The summed E-state index contributed by atoms with van der Waals surface area (Å²) < 4.78 is 45.2. The van der Waals surface area contributed by atoms with Crippen molar-refractivity contribution in [2.24, 2.45) is 5.41 Å². The van der Waals surface area contributed by atoms with Crippen molar-refractivity contribution in [3.8, 4) is 11.8 Å². The minimum atomic E-state index is -0.990. The van der Waals surface area contributed by atoms with Gasteiger partial charge in [-0.2, -0.15) is 4.98 Å². The van der Waals surface area contributed by atoms with Crippen LogP contribution in [0.1, 0.15) is 43.1 Å². The lowest BCUT2D eigenvalue weighted by atomic mass is 9.96. The van der Waals surface area contributed by atoms with Gasteiger partial charge in [0, 0.05) is 18.3 Å². The second kappa shape index (κ2) is 7.42. The van der Waals surface area contributed by atoms with Gasteiger partial charge in [0.1, 0.15) is 17.8 Å². The molecule has 3 aromatic heterocycles. The van der Waals surface area contributed by atoms with Crippen LogP contribution in [0.4, 0.5) is 24.7 Å². The fourth-order valence-electron chi connectivity index (χ4n) is 4.77. The number of aromatic nitrogens is 5. The maximum Gasteiger partial charge on any atom is 0.257 e. The normalized spacial score (nSPS) is 17.4. The largest absolute Gasteiger partial charge is 0.324 e. The van der Waals surface area contributed by atoms with Crippen LogP contribution >= 0.6 is 0 Å². The van der Waals surface area contributed by atoms with E-state index >= 15 is 4.39 Å². The fourth-order valence-corrected chi connectivity index (χ4v) is 4.77. The fraction of sp³-hybridized carbons (Fsp3) is 0.360. The predicted octanol–water partition coefficient (Wildman–Crippen LogP) is 4.83. The highest BCUT2D eigenvalue weighted by molar-refractivity contribution is 5.94. The molecule has 6 nitrogen and oxygen atoms in total. The van der Waals surface area contributed by atoms with Crippen LogP contribution in [0, 0.1) is 35.8 Å². The van der Waals surface area contributed by atoms with Gasteiger partial charge in [0.25, 0.3) is 5.78 Å². The molecule has 0 bridgehead atoms. The van der Waals surface area contributed by atoms with E-state index in [-0.39, 0.29) is 11.2 Å². The minimum Gasteiger partial charge on any atom is -0.324 e. The molecular formula is C25H21F3N6. The first-order chi connectivity index (χ1) is 16.4. The molecule has 1 atom stereocenters. The van der Waals surface area contributed by atoms with Gasteiger partial charge in [-0.25, -0.2) is 13.2 Å². The van der Waals surface area contributed by atoms with Crippen LogP contribution in [0.3, 0.4) is 0 Å². The molecule has 1 unspecified atom stereocenters. The Morgan fingerprint density at radius 3 is 2.74 bits per heavy atom. The van der Waals surface area contributed by atoms with Crippen molar-refractivity contribution in [3.05, 3.63) is 53.1 Å². The minimum absolute atomic E-state index is 0.0583. The summed E-state index contributed by atoms with van der Waals surface area (Å²) in [5.74, 6) is 5.45. The van der Waals surface area contributed by atoms with Crippen molar-refractivity contribution in [3.63, 3.8) is 0 Å². The molecule has 9 heteroatoms. The SMILES string of the molecule is Cc1nnc2nc(N3CCCc4c(C#CC5(C(C)F)CC5)cncc43)c3c(F)c(F)ccc3n12. The lowest BCUT2D eigenvalue weighted by Crippen LogP contribution is -2.27. The molecule has 172 valence electrons. The van der Waals surface area contributed by atoms with Crippen LogP contribution in [0.2, 0.25) is 0 Å². The molecule has 34 heavy (non-hydrogen) atoms. The lowest BCUT2D eigenvalue weighted by molar-refractivity contribution is 0.278. The number of hydrogen-bond acceptors (Lipinski definition) is 5. The molecule has 1 aliphatic heterocycles. The third-order valence-corrected chi connectivity index (χ3v) is 6.94. The van der Waals surface area contributed by atoms with E-state index in [1.165, 1.54) is 6.07 Å². The average Bonchev–Trinajstić information content (AvgIpc) is 3.55. The summed E-state index contributed by atoms with van der Waals surface area (Å²) in [6, 6.07) is 2.61. The van der Waals surface area contributed by atoms with Gasteiger partial charge < -0.3 is 4.90 Å². The Morgan fingerprint density at radius 2 is 1.97 bits per heavy atom. The second-order valence-corrected chi connectivity index (χ2v) is 9.04. The highest BCUT2D eigenvalue weighted by Gasteiger charge is 2.46. The highest BCUT2D eigenvalue weighted by Crippen LogP contribution is 2.49. The number of pyridine rings is 1. The first kappa shape index (κ1) is 20.9. The van der Waals surface area contributed by atoms with Gasteiger partial charge in [0.15, 0.2) is 11.6 Å². The molecular weight excluding hydrogens is 441 g/mol. The molecule has 4 aromatic rings. The summed E-state index contributed by atoms with van der Waals surface area (Å²) in [7, 11) is 0. The zero-order valence-corrected chi connectivity index (χ0v) is 18.7. The molecule has 0 amide bonds. The molecule has 2 aliphatic rings. The second-order valence-electron chi connectivity index (χ2n) is 9.04. The Hall–Kier alpha value is -3.67. The summed E-state index contributed by atoms with van der Waals surface area (Å²) in [5.41, 5.74) is 2.27. The van der Waals surface area contributed by atoms with Crippen LogP contribution in [-0.2, 0) is 6.42 Å². The molecule has 0 N–H and O–H groups in total. The van der Waals surface area contributed by atoms with E-state index in [0.29, 0.717) is 23.7 Å². The molecule has 1 saturated carbocycles. The first-order valence-electron chi connectivity index (χ1n) is 11.3. The van der Waals surface area contributed by atoms with Crippen LogP contribution in [0.5, 0.6) is 0 Å². The number of halogens is 3. The standard InChI is InChI=1S/C25H21F3N6/c1-14(26)25(9-10-25)8-7-16-12-29-13-20-17(16)4-3-11-33(20)23-21-19(6-5-18(27)22(21)28)34-15(2)31-32-24(34)30-23/h5-6,12-14H,3-4,9-11H2,1-2H3. The van der Waals surface area contributed by atoms with E-state index in [2.05, 4.69) is 32.0 Å². The third-order valence-electron chi connectivity index (χ3n) is 6.94. The smallest absolute Gasteiger partial charge is 0.257 e. The third kappa shape index (κ3) is 3.05. The van der Waals surface area contributed by atoms with Crippen molar-refractivity contribution >= 4 is 28.2 Å². The van der Waals surface area contributed by atoms with Gasteiger partial charge in [-0.1, -0.05) is 11.8 Å². The molecule has 4 heterocycles. The van der Waals surface area contributed by atoms with E-state index in [1.54, 1.807) is 30.6 Å². The maximum absolute atomic E-state index is 15.2. The molecule has 0 radical (unpaired) electrons. The molecule has 6 rings (SSSR count). The Morgan fingerprint density at radius 1 is 1.15 bits per heavy atom. The van der Waals surface area contributed by atoms with E-state index in [0.717, 1.165) is 48.6 Å². The van der Waals surface area contributed by atoms with Crippen molar-refractivity contribution < 1.29 is 13.2 Å². The highest BCUT2D eigenvalue weighted by atomic mass is 19.2. The molecule has 0 saturated heterocycles. The van der Waals surface area contributed by atoms with Gasteiger partial charge in [-0.3, -0.25) is 9.38 Å². The van der Waals surface area contributed by atoms with E-state index in [9.17, 15) is 8.78 Å². The summed E-state index contributed by atoms with van der Waals surface area (Å²) in [6.07, 6.45) is 5.40. The number of anilines is 2. The summed E-state index contributed by atoms with van der Waals surface area (Å²) in [5, 5.41) is 8.24. The molecule has 1 fully saturated rings. The number of rotatable bonds is 2. The Bertz CT molecular complexity index is 1530. The summed E-state index contributed by atoms with van der Waals surface area (Å²) in [6.45, 7) is 3.82. The monoisotopic (exact) mass is 462 g/mol. The topological polar surface area (TPSA) is 59.2 Å². The van der Waals surface area contributed by atoms with Crippen molar-refractivity contribution in [2.75, 3.05) is 11.4 Å². The van der Waals surface area contributed by atoms with Gasteiger partial charge in [-0.05, 0) is 57.2 Å². The van der Waals surface area contributed by atoms with Crippen LogP contribution < -0.4 is 4.90 Å². The number of benzene rings is 1. The maximum atomic E-state index is 15.2. The van der Waals surface area contributed by atoms with Gasteiger partial charge >= 0.3 is 0 Å². The number of aryl methyl sites for hydroxylation is 1. The summed E-state index contributed by atoms with van der Waals surface area (Å²) >= 11 is 0. The van der Waals surface area contributed by atoms with Crippen LogP contribution in [-0.4, -0.2) is 37.3 Å². The van der Waals surface area contributed by atoms with E-state index in [4.69, 9.17) is 0 Å². The Labute approximate surface area is 193 Å². The Balaban J connectivity index is 1.55. The van der Waals surface area contributed by atoms with Crippen LogP contribution in [0.25, 0.3) is 16.7 Å². The number of alkyl halides is 1. The lowest BCUT2D eigenvalue weighted by Gasteiger charge is -2.31. The van der Waals surface area contributed by atoms with Gasteiger partial charge in [-0.15, -0.1) is 10.2 Å². The molecule has 1 aromatic carbocycles. The zero-order valence-electron chi connectivity index (χ0n) is 18.7. The van der Waals surface area contributed by atoms with Crippen LogP contribution in [0.15, 0.2) is 24.5 Å².